The lowest BCUT2D eigenvalue weighted by Gasteiger charge is -2.20. The van der Waals surface area contributed by atoms with Gasteiger partial charge in [-0.25, -0.2) is 0 Å². The molecule has 152 valence electrons. The Hall–Kier alpha value is -3.38. The third-order valence-corrected chi connectivity index (χ3v) is 5.92. The predicted molar refractivity (Wildman–Crippen MR) is 116 cm³/mol. The first-order valence-corrected chi connectivity index (χ1v) is 10.3. The molecule has 0 bridgehead atoms. The second-order valence-corrected chi connectivity index (χ2v) is 7.81. The van der Waals surface area contributed by atoms with E-state index in [0.717, 1.165) is 37.8 Å². The molecule has 1 heterocycles. The van der Waals surface area contributed by atoms with Crippen LogP contribution in [0, 0.1) is 0 Å². The SMILES string of the molecule is Nc1cc(-c2nc(C3=CCCC4=C3CC[C@@H]4NCc3ccccc3)no2)ccc1O. The summed E-state index contributed by atoms with van der Waals surface area (Å²) in [6, 6.07) is 15.8. The number of benzene rings is 2. The lowest BCUT2D eigenvalue weighted by atomic mass is 9.91. The first kappa shape index (κ1) is 18.6. The van der Waals surface area contributed by atoms with Gasteiger partial charge in [-0.05, 0) is 60.6 Å². The molecule has 2 aliphatic rings. The summed E-state index contributed by atoms with van der Waals surface area (Å²) in [6.07, 6.45) is 6.38. The topological polar surface area (TPSA) is 97.2 Å². The number of aromatic nitrogens is 2. The van der Waals surface area contributed by atoms with Crippen LogP contribution in [0.25, 0.3) is 17.0 Å². The molecule has 0 saturated carbocycles. The highest BCUT2D eigenvalue weighted by Crippen LogP contribution is 2.41. The van der Waals surface area contributed by atoms with Gasteiger partial charge in [0.15, 0.2) is 0 Å². The van der Waals surface area contributed by atoms with Gasteiger partial charge in [0.2, 0.25) is 5.82 Å². The van der Waals surface area contributed by atoms with Gasteiger partial charge in [0.1, 0.15) is 5.75 Å². The molecule has 0 amide bonds. The monoisotopic (exact) mass is 400 g/mol. The average molecular weight is 400 g/mol. The van der Waals surface area contributed by atoms with Gasteiger partial charge >= 0.3 is 0 Å². The normalized spacial score (nSPS) is 18.4. The van der Waals surface area contributed by atoms with E-state index in [2.05, 4.69) is 45.8 Å². The minimum atomic E-state index is 0.0447. The molecule has 0 radical (unpaired) electrons. The van der Waals surface area contributed by atoms with Crippen molar-refractivity contribution < 1.29 is 9.63 Å². The third kappa shape index (κ3) is 3.50. The van der Waals surface area contributed by atoms with Crippen molar-refractivity contribution in [1.82, 2.24) is 15.5 Å². The van der Waals surface area contributed by atoms with Crippen molar-refractivity contribution in [1.29, 1.82) is 0 Å². The number of nitrogens with one attached hydrogen (secondary N) is 1. The molecule has 0 fully saturated rings. The van der Waals surface area contributed by atoms with E-state index in [1.54, 1.807) is 12.1 Å². The molecular formula is C24H24N4O2. The van der Waals surface area contributed by atoms with Gasteiger partial charge in [0.05, 0.1) is 5.69 Å². The lowest BCUT2D eigenvalue weighted by Crippen LogP contribution is -2.28. The van der Waals surface area contributed by atoms with Crippen LogP contribution in [0.1, 0.15) is 37.1 Å². The zero-order chi connectivity index (χ0) is 20.5. The minimum Gasteiger partial charge on any atom is -0.506 e. The summed E-state index contributed by atoms with van der Waals surface area (Å²) in [4.78, 5) is 4.62. The summed E-state index contributed by atoms with van der Waals surface area (Å²) < 4.78 is 5.50. The molecular weight excluding hydrogens is 376 g/mol. The molecule has 1 aromatic heterocycles. The first-order valence-electron chi connectivity index (χ1n) is 10.3. The Morgan fingerprint density at radius 3 is 2.83 bits per heavy atom. The van der Waals surface area contributed by atoms with Gasteiger partial charge in [-0.15, -0.1) is 0 Å². The Balaban J connectivity index is 1.36. The number of aromatic hydroxyl groups is 1. The largest absolute Gasteiger partial charge is 0.506 e. The number of nitrogen functional groups attached to an aromatic ring is 1. The fraction of sp³-hybridized carbons (Fsp3) is 0.250. The molecule has 0 aliphatic heterocycles. The van der Waals surface area contributed by atoms with Crippen molar-refractivity contribution in [2.75, 3.05) is 5.73 Å². The summed E-state index contributed by atoms with van der Waals surface area (Å²) in [5, 5.41) is 17.6. The summed E-state index contributed by atoms with van der Waals surface area (Å²) >= 11 is 0. The molecule has 6 heteroatoms. The fourth-order valence-electron chi connectivity index (χ4n) is 4.39. The maximum absolute atomic E-state index is 9.63. The maximum atomic E-state index is 9.63. The van der Waals surface area contributed by atoms with Crippen molar-refractivity contribution >= 4 is 11.3 Å². The molecule has 0 saturated heterocycles. The van der Waals surface area contributed by atoms with Crippen LogP contribution >= 0.6 is 0 Å². The van der Waals surface area contributed by atoms with Crippen LogP contribution in [0.5, 0.6) is 5.75 Å². The Labute approximate surface area is 175 Å². The molecule has 1 atom stereocenters. The van der Waals surface area contributed by atoms with E-state index in [0.29, 0.717) is 23.3 Å². The van der Waals surface area contributed by atoms with E-state index in [4.69, 9.17) is 10.3 Å². The number of hydrogen-bond donors (Lipinski definition) is 3. The smallest absolute Gasteiger partial charge is 0.258 e. The Morgan fingerprint density at radius 1 is 1.13 bits per heavy atom. The zero-order valence-corrected chi connectivity index (χ0v) is 16.6. The van der Waals surface area contributed by atoms with Gasteiger partial charge in [0, 0.05) is 23.7 Å². The quantitative estimate of drug-likeness (QED) is 0.432. The van der Waals surface area contributed by atoms with Crippen LogP contribution in [-0.2, 0) is 6.54 Å². The van der Waals surface area contributed by atoms with E-state index in [1.807, 2.05) is 6.07 Å². The Kier molecular flexibility index (Phi) is 4.85. The molecule has 6 nitrogen and oxygen atoms in total. The minimum absolute atomic E-state index is 0.0447. The molecule has 2 aliphatic carbocycles. The van der Waals surface area contributed by atoms with E-state index in [-0.39, 0.29) is 11.4 Å². The predicted octanol–water partition coefficient (Wildman–Crippen LogP) is 4.45. The summed E-state index contributed by atoms with van der Waals surface area (Å²) in [6.45, 7) is 0.871. The highest BCUT2D eigenvalue weighted by Gasteiger charge is 2.31. The third-order valence-electron chi connectivity index (χ3n) is 5.92. The number of allylic oxidation sites excluding steroid dienone is 3. The van der Waals surface area contributed by atoms with Gasteiger partial charge in [-0.3, -0.25) is 0 Å². The van der Waals surface area contributed by atoms with Gasteiger partial charge < -0.3 is 20.7 Å². The Morgan fingerprint density at radius 2 is 2.00 bits per heavy atom. The molecule has 0 unspecified atom stereocenters. The first-order chi connectivity index (χ1) is 14.7. The number of phenols is 1. The highest BCUT2D eigenvalue weighted by atomic mass is 16.5. The Bertz CT molecular complexity index is 1130. The van der Waals surface area contributed by atoms with E-state index in [1.165, 1.54) is 22.8 Å². The molecule has 30 heavy (non-hydrogen) atoms. The van der Waals surface area contributed by atoms with Crippen molar-refractivity contribution in [3.8, 4) is 17.2 Å². The van der Waals surface area contributed by atoms with Crippen molar-refractivity contribution in [2.24, 2.45) is 0 Å². The number of rotatable bonds is 5. The maximum Gasteiger partial charge on any atom is 0.258 e. The van der Waals surface area contributed by atoms with Crippen molar-refractivity contribution in [3.63, 3.8) is 0 Å². The zero-order valence-electron chi connectivity index (χ0n) is 16.6. The second-order valence-electron chi connectivity index (χ2n) is 7.81. The van der Waals surface area contributed by atoms with Crippen LogP contribution in [-0.4, -0.2) is 21.3 Å². The lowest BCUT2D eigenvalue weighted by molar-refractivity contribution is 0.428. The fourth-order valence-corrected chi connectivity index (χ4v) is 4.39. The molecule has 4 N–H and O–H groups in total. The number of anilines is 1. The van der Waals surface area contributed by atoms with Gasteiger partial charge in [-0.1, -0.05) is 41.6 Å². The average Bonchev–Trinajstić information content (AvgIpc) is 3.42. The summed E-state index contributed by atoms with van der Waals surface area (Å²) in [7, 11) is 0. The van der Waals surface area contributed by atoms with Crippen LogP contribution in [0.4, 0.5) is 5.69 Å². The number of phenolic OH excluding ortho intramolecular Hbond substituents is 1. The number of nitrogens with zero attached hydrogens (tertiary/aromatic N) is 2. The molecule has 2 aromatic carbocycles. The summed E-state index contributed by atoms with van der Waals surface area (Å²) in [5.41, 5.74) is 12.0. The second kappa shape index (κ2) is 7.80. The van der Waals surface area contributed by atoms with Gasteiger partial charge in [-0.2, -0.15) is 4.98 Å². The number of hydrogen-bond acceptors (Lipinski definition) is 6. The standard InChI is InChI=1S/C24H24N4O2/c25-20-13-16(9-12-22(20)29)24-27-23(28-30-24)19-8-4-7-18-17(19)10-11-21(18)26-14-15-5-2-1-3-6-15/h1-3,5-6,8-9,12-13,21,26,29H,4,7,10-11,14,25H2/t21-/m0/s1. The summed E-state index contributed by atoms with van der Waals surface area (Å²) in [5.74, 6) is 1.07. The van der Waals surface area contributed by atoms with Crippen LogP contribution in [0.2, 0.25) is 0 Å². The highest BCUT2D eigenvalue weighted by molar-refractivity contribution is 5.79. The molecule has 5 rings (SSSR count). The van der Waals surface area contributed by atoms with Crippen molar-refractivity contribution in [2.45, 2.75) is 38.3 Å². The van der Waals surface area contributed by atoms with E-state index in [9.17, 15) is 5.11 Å². The van der Waals surface area contributed by atoms with E-state index >= 15 is 0 Å². The van der Waals surface area contributed by atoms with Crippen LogP contribution < -0.4 is 11.1 Å². The number of nitrogens with two attached hydrogens (primary N) is 1. The van der Waals surface area contributed by atoms with E-state index < -0.39 is 0 Å². The van der Waals surface area contributed by atoms with Gasteiger partial charge in [0.25, 0.3) is 5.89 Å². The molecule has 0 spiro atoms. The van der Waals surface area contributed by atoms with Crippen LogP contribution in [0.3, 0.4) is 0 Å². The van der Waals surface area contributed by atoms with Crippen LogP contribution in [0.15, 0.2) is 70.3 Å². The molecule has 3 aromatic rings. The van der Waals surface area contributed by atoms with Crippen molar-refractivity contribution in [3.05, 3.63) is 77.1 Å².